The third-order valence-corrected chi connectivity index (χ3v) is 5.58. The lowest BCUT2D eigenvalue weighted by Gasteiger charge is -2.35. The number of hydrogen-bond acceptors (Lipinski definition) is 5. The van der Waals surface area contributed by atoms with Crippen molar-refractivity contribution in [2.75, 3.05) is 20.3 Å². The van der Waals surface area contributed by atoms with Crippen LogP contribution in [-0.2, 0) is 11.2 Å². The number of carbonyl (C=O) groups is 1. The fourth-order valence-corrected chi connectivity index (χ4v) is 3.78. The summed E-state index contributed by atoms with van der Waals surface area (Å²) in [6.45, 7) is 4.70. The van der Waals surface area contributed by atoms with Gasteiger partial charge < -0.3 is 14.6 Å². The van der Waals surface area contributed by atoms with Crippen LogP contribution in [0.5, 0.6) is 0 Å². The normalized spacial score (nSPS) is 16.4. The van der Waals surface area contributed by atoms with E-state index in [0.29, 0.717) is 30.0 Å². The second-order valence-corrected chi connectivity index (χ2v) is 7.55. The number of halogens is 1. The van der Waals surface area contributed by atoms with Crippen molar-refractivity contribution < 1.29 is 18.4 Å². The van der Waals surface area contributed by atoms with Crippen LogP contribution in [0.1, 0.15) is 36.9 Å². The maximum atomic E-state index is 13.7. The van der Waals surface area contributed by atoms with E-state index in [-0.39, 0.29) is 23.6 Å². The van der Waals surface area contributed by atoms with E-state index in [0.717, 1.165) is 12.0 Å². The van der Waals surface area contributed by atoms with Crippen molar-refractivity contribution in [1.29, 1.82) is 0 Å². The van der Waals surface area contributed by atoms with E-state index in [1.807, 2.05) is 31.2 Å². The number of nitrogens with one attached hydrogen (secondary N) is 1. The third-order valence-electron chi connectivity index (χ3n) is 5.58. The van der Waals surface area contributed by atoms with Gasteiger partial charge >= 0.3 is 6.03 Å². The van der Waals surface area contributed by atoms with E-state index in [9.17, 15) is 9.18 Å². The van der Waals surface area contributed by atoms with Crippen LogP contribution >= 0.6 is 0 Å². The molecule has 0 saturated heterocycles. The highest BCUT2D eigenvalue weighted by atomic mass is 19.1. The summed E-state index contributed by atoms with van der Waals surface area (Å²) in [7, 11) is 1.59. The maximum Gasteiger partial charge on any atom is 0.322 e. The molecule has 2 aromatic carbocycles. The minimum Gasteiger partial charge on any atom is -0.383 e. The lowest BCUT2D eigenvalue weighted by molar-refractivity contribution is 0.158. The standard InChI is InChI=1S/C24H25FN4O3/c1-4-16-8-10-17(11-9-16)21-20(15(2)29(12-13-31-3)24(30)26-21)23-27-22(28-32-23)18-6-5-7-19(25)14-18/h5-11,14,21H,4,12-13H2,1-3H3,(H,26,30). The summed E-state index contributed by atoms with van der Waals surface area (Å²) in [4.78, 5) is 19.0. The van der Waals surface area contributed by atoms with Gasteiger partial charge in [0.05, 0.1) is 24.8 Å². The number of aromatic nitrogens is 2. The number of aryl methyl sites for hydroxylation is 1. The van der Waals surface area contributed by atoms with Crippen LogP contribution < -0.4 is 5.32 Å². The molecule has 1 aliphatic rings. The van der Waals surface area contributed by atoms with Crippen molar-refractivity contribution in [3.05, 3.63) is 77.1 Å². The fourth-order valence-electron chi connectivity index (χ4n) is 3.78. The van der Waals surface area contributed by atoms with E-state index in [1.165, 1.54) is 17.7 Å². The van der Waals surface area contributed by atoms with Gasteiger partial charge in [-0.25, -0.2) is 9.18 Å². The fraction of sp³-hybridized carbons (Fsp3) is 0.292. The van der Waals surface area contributed by atoms with E-state index in [1.54, 1.807) is 24.1 Å². The molecular weight excluding hydrogens is 411 g/mol. The van der Waals surface area contributed by atoms with Crippen molar-refractivity contribution in [3.63, 3.8) is 0 Å². The number of methoxy groups -OCH3 is 1. The monoisotopic (exact) mass is 436 g/mol. The number of urea groups is 1. The zero-order valence-electron chi connectivity index (χ0n) is 18.3. The second kappa shape index (κ2) is 9.32. The maximum absolute atomic E-state index is 13.7. The van der Waals surface area contributed by atoms with Gasteiger partial charge in [0.2, 0.25) is 5.82 Å². The number of rotatable bonds is 7. The van der Waals surface area contributed by atoms with Gasteiger partial charge in [-0.3, -0.25) is 4.90 Å². The Bertz CT molecular complexity index is 1140. The van der Waals surface area contributed by atoms with Crippen LogP contribution in [0.2, 0.25) is 0 Å². The summed E-state index contributed by atoms with van der Waals surface area (Å²) >= 11 is 0. The predicted octanol–water partition coefficient (Wildman–Crippen LogP) is 4.58. The molecule has 7 nitrogen and oxygen atoms in total. The number of nitrogens with zero attached hydrogens (tertiary/aromatic N) is 3. The summed E-state index contributed by atoms with van der Waals surface area (Å²) < 4.78 is 24.4. The molecule has 2 amide bonds. The Morgan fingerprint density at radius 3 is 2.69 bits per heavy atom. The smallest absolute Gasteiger partial charge is 0.322 e. The molecule has 0 fully saturated rings. The molecule has 1 atom stereocenters. The zero-order valence-corrected chi connectivity index (χ0v) is 18.3. The first-order chi connectivity index (χ1) is 15.5. The van der Waals surface area contributed by atoms with Gasteiger partial charge in [0.25, 0.3) is 5.89 Å². The Morgan fingerprint density at radius 1 is 1.22 bits per heavy atom. The number of allylic oxidation sites excluding steroid dienone is 1. The average Bonchev–Trinajstić information content (AvgIpc) is 3.28. The molecule has 3 aromatic rings. The Morgan fingerprint density at radius 2 is 2.00 bits per heavy atom. The summed E-state index contributed by atoms with van der Waals surface area (Å²) in [5.41, 5.74) is 4.01. The number of amides is 2. The molecule has 0 spiro atoms. The SMILES string of the molecule is CCc1ccc(C2NC(=O)N(CCOC)C(C)=C2c2nc(-c3cccc(F)c3)no2)cc1. The number of benzene rings is 2. The first-order valence-corrected chi connectivity index (χ1v) is 10.5. The number of hydrogen-bond donors (Lipinski definition) is 1. The number of carbonyl (C=O) groups excluding carboxylic acids is 1. The first kappa shape index (κ1) is 21.7. The Hall–Kier alpha value is -3.52. The zero-order chi connectivity index (χ0) is 22.7. The molecule has 1 aromatic heterocycles. The van der Waals surface area contributed by atoms with Gasteiger partial charge in [-0.2, -0.15) is 4.98 Å². The highest BCUT2D eigenvalue weighted by Gasteiger charge is 2.35. The lowest BCUT2D eigenvalue weighted by Crippen LogP contribution is -2.47. The molecule has 0 radical (unpaired) electrons. The highest BCUT2D eigenvalue weighted by molar-refractivity contribution is 5.86. The molecule has 32 heavy (non-hydrogen) atoms. The van der Waals surface area contributed by atoms with Crippen molar-refractivity contribution in [2.24, 2.45) is 0 Å². The van der Waals surface area contributed by atoms with Gasteiger partial charge in [-0.15, -0.1) is 0 Å². The quantitative estimate of drug-likeness (QED) is 0.586. The van der Waals surface area contributed by atoms with Gasteiger partial charge in [-0.05, 0) is 36.6 Å². The van der Waals surface area contributed by atoms with Crippen LogP contribution in [0.3, 0.4) is 0 Å². The molecule has 0 aliphatic carbocycles. The topological polar surface area (TPSA) is 80.5 Å². The van der Waals surface area contributed by atoms with Gasteiger partial charge in [-0.1, -0.05) is 48.5 Å². The summed E-state index contributed by atoms with van der Waals surface area (Å²) in [5, 5.41) is 7.11. The van der Waals surface area contributed by atoms with Crippen LogP contribution in [-0.4, -0.2) is 41.3 Å². The minimum absolute atomic E-state index is 0.224. The molecule has 166 valence electrons. The number of ether oxygens (including phenoxy) is 1. The van der Waals surface area contributed by atoms with Crippen LogP contribution in [0.4, 0.5) is 9.18 Å². The first-order valence-electron chi connectivity index (χ1n) is 10.5. The molecule has 1 N–H and O–H groups in total. The van der Waals surface area contributed by atoms with Gasteiger partial charge in [0, 0.05) is 18.4 Å². The van der Waals surface area contributed by atoms with E-state index < -0.39 is 6.04 Å². The van der Waals surface area contributed by atoms with Crippen molar-refractivity contribution in [2.45, 2.75) is 26.3 Å². The van der Waals surface area contributed by atoms with Crippen molar-refractivity contribution in [1.82, 2.24) is 20.4 Å². The molecule has 2 heterocycles. The Labute approximate surface area is 185 Å². The molecular formula is C24H25FN4O3. The predicted molar refractivity (Wildman–Crippen MR) is 118 cm³/mol. The van der Waals surface area contributed by atoms with E-state index in [4.69, 9.17) is 9.26 Å². The summed E-state index contributed by atoms with van der Waals surface area (Å²) in [6.07, 6.45) is 0.921. The average molecular weight is 436 g/mol. The minimum atomic E-state index is -0.465. The molecule has 8 heteroatoms. The largest absolute Gasteiger partial charge is 0.383 e. The van der Waals surface area contributed by atoms with Crippen molar-refractivity contribution in [3.8, 4) is 11.4 Å². The highest BCUT2D eigenvalue weighted by Crippen LogP contribution is 2.37. The second-order valence-electron chi connectivity index (χ2n) is 7.55. The Balaban J connectivity index is 1.79. The van der Waals surface area contributed by atoms with Crippen LogP contribution in [0.25, 0.3) is 17.0 Å². The van der Waals surface area contributed by atoms with E-state index >= 15 is 0 Å². The summed E-state index contributed by atoms with van der Waals surface area (Å²) in [6, 6.07) is 13.4. The molecule has 0 saturated carbocycles. The van der Waals surface area contributed by atoms with Crippen LogP contribution in [0.15, 0.2) is 58.8 Å². The Kier molecular flexibility index (Phi) is 6.32. The summed E-state index contributed by atoms with van der Waals surface area (Å²) in [5.74, 6) is 0.169. The van der Waals surface area contributed by atoms with Crippen LogP contribution in [0, 0.1) is 5.82 Å². The third kappa shape index (κ3) is 4.27. The van der Waals surface area contributed by atoms with Gasteiger partial charge in [0.15, 0.2) is 0 Å². The lowest BCUT2D eigenvalue weighted by atomic mass is 9.93. The molecule has 4 rings (SSSR count). The molecule has 1 aliphatic heterocycles. The molecule has 0 bridgehead atoms. The van der Waals surface area contributed by atoms with E-state index in [2.05, 4.69) is 22.4 Å². The van der Waals surface area contributed by atoms with Gasteiger partial charge in [0.1, 0.15) is 5.82 Å². The molecule has 1 unspecified atom stereocenters. The van der Waals surface area contributed by atoms with Crippen molar-refractivity contribution >= 4 is 11.6 Å².